The van der Waals surface area contributed by atoms with Crippen molar-refractivity contribution in [2.45, 2.75) is 0 Å². The number of amides is 3. The molecule has 0 radical (unpaired) electrons. The van der Waals surface area contributed by atoms with Gasteiger partial charge < -0.3 is 29.9 Å². The Morgan fingerprint density at radius 2 is 2.27 bits per heavy atom. The first-order valence-electron chi connectivity index (χ1n) is 8.47. The maximum Gasteiger partial charge on any atom is 0.321 e. The average molecular weight is 366 g/mol. The fraction of sp³-hybridized carbons (Fsp3) is 0.529. The lowest BCUT2D eigenvalue weighted by Gasteiger charge is -2.26. The van der Waals surface area contributed by atoms with Crippen molar-refractivity contribution in [1.82, 2.24) is 9.80 Å². The first-order chi connectivity index (χ1) is 12.4. The molecule has 9 heteroatoms. The summed E-state index contributed by atoms with van der Waals surface area (Å²) in [5, 5.41) is 5.23. The van der Waals surface area contributed by atoms with Gasteiger partial charge in [-0.05, 0) is 20.2 Å². The zero-order valence-electron chi connectivity index (χ0n) is 14.9. The molecule has 26 heavy (non-hydrogen) atoms. The molecule has 1 fully saturated rings. The van der Waals surface area contributed by atoms with Crippen molar-refractivity contribution in [1.29, 1.82) is 0 Å². The standard InChI is InChI=1S/C17H23FN4O4/c1-21(2)7-11-8-22(3-4-25-9-11)17(24)19-12-5-13(18)16-14(6-12)20-15(23)10-26-16/h5-6,11H,3-4,7-10H2,1-2H3,(H,19,24)(H,20,23)/t11-/m1/s1. The number of nitrogens with zero attached hydrogens (tertiary/aromatic N) is 2. The summed E-state index contributed by atoms with van der Waals surface area (Å²) in [5.41, 5.74) is 0.465. The molecule has 2 aliphatic heterocycles. The van der Waals surface area contributed by atoms with E-state index in [0.29, 0.717) is 26.3 Å². The van der Waals surface area contributed by atoms with Crippen LogP contribution < -0.4 is 15.4 Å². The summed E-state index contributed by atoms with van der Waals surface area (Å²) in [5.74, 6) is -0.818. The minimum Gasteiger partial charge on any atom is -0.478 e. The minimum absolute atomic E-state index is 0.0168. The Bertz CT molecular complexity index is 698. The Kier molecular flexibility index (Phi) is 5.58. The Labute approximate surface area is 151 Å². The van der Waals surface area contributed by atoms with Gasteiger partial charge in [0.05, 0.1) is 18.9 Å². The van der Waals surface area contributed by atoms with E-state index in [4.69, 9.17) is 9.47 Å². The summed E-state index contributed by atoms with van der Waals surface area (Å²) in [6.45, 7) is 2.65. The summed E-state index contributed by atoms with van der Waals surface area (Å²) in [6.07, 6.45) is 0. The number of hydrogen-bond donors (Lipinski definition) is 2. The van der Waals surface area contributed by atoms with Crippen LogP contribution in [0.2, 0.25) is 0 Å². The molecule has 0 saturated carbocycles. The molecule has 1 aromatic rings. The number of anilines is 2. The summed E-state index contributed by atoms with van der Waals surface area (Å²) in [6, 6.07) is 2.33. The second-order valence-electron chi connectivity index (χ2n) is 6.75. The van der Waals surface area contributed by atoms with E-state index in [1.165, 1.54) is 12.1 Å². The number of nitrogens with one attached hydrogen (secondary N) is 2. The molecule has 0 unspecified atom stereocenters. The fourth-order valence-corrected chi connectivity index (χ4v) is 3.12. The molecule has 0 aromatic heterocycles. The van der Waals surface area contributed by atoms with Gasteiger partial charge >= 0.3 is 6.03 Å². The van der Waals surface area contributed by atoms with E-state index < -0.39 is 5.82 Å². The van der Waals surface area contributed by atoms with Gasteiger partial charge in [-0.25, -0.2) is 9.18 Å². The number of carbonyl (C=O) groups excluding carboxylic acids is 2. The number of fused-ring (bicyclic) bond motifs is 1. The highest BCUT2D eigenvalue weighted by Gasteiger charge is 2.25. The molecule has 0 bridgehead atoms. The van der Waals surface area contributed by atoms with Gasteiger partial charge in [-0.2, -0.15) is 0 Å². The van der Waals surface area contributed by atoms with Crippen LogP contribution in [-0.2, 0) is 9.53 Å². The van der Waals surface area contributed by atoms with Gasteiger partial charge in [0, 0.05) is 37.3 Å². The van der Waals surface area contributed by atoms with Gasteiger partial charge in [0.15, 0.2) is 18.2 Å². The van der Waals surface area contributed by atoms with Gasteiger partial charge in [-0.1, -0.05) is 0 Å². The third kappa shape index (κ3) is 4.41. The highest BCUT2D eigenvalue weighted by Crippen LogP contribution is 2.34. The van der Waals surface area contributed by atoms with Crippen LogP contribution in [0.25, 0.3) is 0 Å². The summed E-state index contributed by atoms with van der Waals surface area (Å²) in [7, 11) is 3.95. The first-order valence-corrected chi connectivity index (χ1v) is 8.47. The van der Waals surface area contributed by atoms with Crippen LogP contribution in [0.15, 0.2) is 12.1 Å². The highest BCUT2D eigenvalue weighted by atomic mass is 19.1. The van der Waals surface area contributed by atoms with Crippen molar-refractivity contribution < 1.29 is 23.5 Å². The SMILES string of the molecule is CN(C)C[C@H]1COCCN(C(=O)Nc2cc(F)c3c(c2)NC(=O)CO3)C1. The molecule has 2 N–H and O–H groups in total. The number of rotatable bonds is 3. The molecular weight excluding hydrogens is 343 g/mol. The zero-order chi connectivity index (χ0) is 18.7. The second kappa shape index (κ2) is 7.88. The van der Waals surface area contributed by atoms with E-state index in [1.54, 1.807) is 4.90 Å². The largest absolute Gasteiger partial charge is 0.478 e. The molecule has 8 nitrogen and oxygen atoms in total. The normalized spacial score (nSPS) is 20.1. The number of carbonyl (C=O) groups is 2. The monoisotopic (exact) mass is 366 g/mol. The van der Waals surface area contributed by atoms with E-state index in [2.05, 4.69) is 15.5 Å². The van der Waals surface area contributed by atoms with Crippen LogP contribution in [0.3, 0.4) is 0 Å². The van der Waals surface area contributed by atoms with Crippen LogP contribution in [0.1, 0.15) is 0 Å². The van der Waals surface area contributed by atoms with Crippen molar-refractivity contribution in [3.05, 3.63) is 17.9 Å². The Balaban J connectivity index is 1.70. The minimum atomic E-state index is -0.637. The molecule has 0 spiro atoms. The maximum atomic E-state index is 14.2. The van der Waals surface area contributed by atoms with Gasteiger partial charge in [0.1, 0.15) is 0 Å². The predicted molar refractivity (Wildman–Crippen MR) is 94.0 cm³/mol. The fourth-order valence-electron chi connectivity index (χ4n) is 3.12. The summed E-state index contributed by atoms with van der Waals surface area (Å²) in [4.78, 5) is 27.7. The second-order valence-corrected chi connectivity index (χ2v) is 6.75. The number of urea groups is 1. The lowest BCUT2D eigenvalue weighted by Crippen LogP contribution is -2.41. The first kappa shape index (κ1) is 18.4. The van der Waals surface area contributed by atoms with E-state index in [1.807, 2.05) is 14.1 Å². The molecule has 2 aliphatic rings. The number of hydrogen-bond acceptors (Lipinski definition) is 5. The lowest BCUT2D eigenvalue weighted by molar-refractivity contribution is -0.118. The van der Waals surface area contributed by atoms with Crippen LogP contribution >= 0.6 is 0 Å². The van der Waals surface area contributed by atoms with Gasteiger partial charge in [-0.15, -0.1) is 0 Å². The quantitative estimate of drug-likeness (QED) is 0.840. The van der Waals surface area contributed by atoms with Crippen LogP contribution in [0.5, 0.6) is 5.75 Å². The van der Waals surface area contributed by atoms with E-state index in [9.17, 15) is 14.0 Å². The molecule has 1 atom stereocenters. The average Bonchev–Trinajstić information content (AvgIpc) is 2.79. The highest BCUT2D eigenvalue weighted by molar-refractivity contribution is 5.97. The molecular formula is C17H23FN4O4. The molecule has 2 heterocycles. The predicted octanol–water partition coefficient (Wildman–Crippen LogP) is 1.20. The zero-order valence-corrected chi connectivity index (χ0v) is 14.9. The molecule has 1 saturated heterocycles. The van der Waals surface area contributed by atoms with Crippen LogP contribution in [0.4, 0.5) is 20.6 Å². The van der Waals surface area contributed by atoms with E-state index in [0.717, 1.165) is 6.54 Å². The van der Waals surface area contributed by atoms with Crippen molar-refractivity contribution in [2.75, 3.05) is 64.2 Å². The lowest BCUT2D eigenvalue weighted by atomic mass is 10.1. The Hall–Kier alpha value is -2.39. The van der Waals surface area contributed by atoms with E-state index in [-0.39, 0.29) is 41.6 Å². The summed E-state index contributed by atoms with van der Waals surface area (Å²) < 4.78 is 24.8. The summed E-state index contributed by atoms with van der Waals surface area (Å²) >= 11 is 0. The van der Waals surface area contributed by atoms with Crippen molar-refractivity contribution >= 4 is 23.3 Å². The number of ether oxygens (including phenoxy) is 2. The van der Waals surface area contributed by atoms with Crippen LogP contribution in [-0.4, -0.2) is 75.3 Å². The maximum absolute atomic E-state index is 14.2. The number of benzene rings is 1. The van der Waals surface area contributed by atoms with Crippen LogP contribution in [0, 0.1) is 11.7 Å². The number of halogens is 1. The van der Waals surface area contributed by atoms with Crippen molar-refractivity contribution in [3.8, 4) is 5.75 Å². The Morgan fingerprint density at radius 1 is 1.46 bits per heavy atom. The molecule has 142 valence electrons. The molecule has 1 aromatic carbocycles. The van der Waals surface area contributed by atoms with Gasteiger partial charge in [0.2, 0.25) is 0 Å². The molecule has 0 aliphatic carbocycles. The Morgan fingerprint density at radius 3 is 3.04 bits per heavy atom. The third-order valence-corrected chi connectivity index (χ3v) is 4.16. The van der Waals surface area contributed by atoms with Gasteiger partial charge in [-0.3, -0.25) is 4.79 Å². The van der Waals surface area contributed by atoms with Crippen molar-refractivity contribution in [2.24, 2.45) is 5.92 Å². The topological polar surface area (TPSA) is 83.1 Å². The third-order valence-electron chi connectivity index (χ3n) is 4.16. The molecule has 3 rings (SSSR count). The van der Waals surface area contributed by atoms with Crippen molar-refractivity contribution in [3.63, 3.8) is 0 Å². The molecule has 3 amide bonds. The van der Waals surface area contributed by atoms with E-state index >= 15 is 0 Å². The smallest absolute Gasteiger partial charge is 0.321 e. The van der Waals surface area contributed by atoms with Gasteiger partial charge in [0.25, 0.3) is 5.91 Å².